The molecule has 0 heterocycles. The van der Waals surface area contributed by atoms with Gasteiger partial charge in [0.15, 0.2) is 0 Å². The van der Waals surface area contributed by atoms with Crippen molar-refractivity contribution in [1.29, 1.82) is 0 Å². The van der Waals surface area contributed by atoms with Gasteiger partial charge < -0.3 is 5.32 Å². The van der Waals surface area contributed by atoms with Gasteiger partial charge in [-0.1, -0.05) is 23.9 Å². The number of hydrogen-bond donors (Lipinski definition) is 1. The molecular formula is C11H13F4NS. The lowest BCUT2D eigenvalue weighted by Gasteiger charge is -2.06. The van der Waals surface area contributed by atoms with Gasteiger partial charge in [0, 0.05) is 12.3 Å². The zero-order chi connectivity index (χ0) is 12.7. The summed E-state index contributed by atoms with van der Waals surface area (Å²) in [5.41, 5.74) is -3.23. The van der Waals surface area contributed by atoms with Crippen molar-refractivity contribution in [2.75, 3.05) is 12.3 Å². The highest BCUT2D eigenvalue weighted by Crippen LogP contribution is 2.30. The average molecular weight is 267 g/mol. The normalized spacial score (nSPS) is 11.8. The lowest BCUT2D eigenvalue weighted by atomic mass is 10.2. The molecule has 0 aliphatic carbocycles. The van der Waals surface area contributed by atoms with Crippen LogP contribution in [-0.2, 0) is 6.54 Å². The Bertz CT molecular complexity index is 323. The molecule has 0 saturated heterocycles. The molecule has 0 aliphatic rings. The van der Waals surface area contributed by atoms with Gasteiger partial charge in [-0.3, -0.25) is 0 Å². The Kier molecular flexibility index (Phi) is 5.77. The second-order valence-electron chi connectivity index (χ2n) is 3.45. The molecule has 1 aromatic carbocycles. The topological polar surface area (TPSA) is 12.0 Å². The molecule has 1 nitrogen and oxygen atoms in total. The van der Waals surface area contributed by atoms with Crippen molar-refractivity contribution in [3.63, 3.8) is 0 Å². The summed E-state index contributed by atoms with van der Waals surface area (Å²) in [4.78, 5) is 0. The number of alkyl halides is 3. The molecule has 1 N–H and O–H groups in total. The van der Waals surface area contributed by atoms with Crippen LogP contribution in [0.5, 0.6) is 0 Å². The highest BCUT2D eigenvalue weighted by molar-refractivity contribution is 8.00. The van der Waals surface area contributed by atoms with Crippen molar-refractivity contribution in [2.24, 2.45) is 0 Å². The monoisotopic (exact) mass is 267 g/mol. The van der Waals surface area contributed by atoms with Gasteiger partial charge in [0.1, 0.15) is 5.82 Å². The van der Waals surface area contributed by atoms with E-state index < -0.39 is 5.51 Å². The summed E-state index contributed by atoms with van der Waals surface area (Å²) in [5, 5.41) is 3.00. The van der Waals surface area contributed by atoms with Crippen LogP contribution in [-0.4, -0.2) is 17.8 Å². The summed E-state index contributed by atoms with van der Waals surface area (Å²) in [6, 6.07) is 6.01. The van der Waals surface area contributed by atoms with Gasteiger partial charge in [-0.05, 0) is 30.7 Å². The van der Waals surface area contributed by atoms with Crippen LogP contribution in [0.25, 0.3) is 0 Å². The maximum atomic E-state index is 12.6. The molecule has 0 fully saturated rings. The Morgan fingerprint density at radius 1 is 1.12 bits per heavy atom. The summed E-state index contributed by atoms with van der Waals surface area (Å²) >= 11 is -0.00781. The molecule has 0 saturated carbocycles. The lowest BCUT2D eigenvalue weighted by Crippen LogP contribution is -2.16. The molecule has 0 aromatic heterocycles. The SMILES string of the molecule is Fc1ccc(CNCCCSC(F)(F)F)cc1. The Morgan fingerprint density at radius 2 is 1.76 bits per heavy atom. The van der Waals surface area contributed by atoms with Crippen LogP contribution < -0.4 is 5.32 Å². The smallest absolute Gasteiger partial charge is 0.313 e. The van der Waals surface area contributed by atoms with Gasteiger partial charge in [0.05, 0.1) is 0 Å². The van der Waals surface area contributed by atoms with Crippen molar-refractivity contribution in [2.45, 2.75) is 18.5 Å². The summed E-state index contributed by atoms with van der Waals surface area (Å²) in [7, 11) is 0. The first-order valence-electron chi connectivity index (χ1n) is 5.13. The zero-order valence-electron chi connectivity index (χ0n) is 9.06. The highest BCUT2D eigenvalue weighted by Gasteiger charge is 2.27. The fourth-order valence-electron chi connectivity index (χ4n) is 1.22. The van der Waals surface area contributed by atoms with Crippen LogP contribution in [0.3, 0.4) is 0 Å². The quantitative estimate of drug-likeness (QED) is 0.625. The van der Waals surface area contributed by atoms with Crippen LogP contribution >= 0.6 is 11.8 Å². The molecule has 0 aliphatic heterocycles. The first-order valence-corrected chi connectivity index (χ1v) is 6.12. The predicted octanol–water partition coefficient (Wildman–Crippen LogP) is 3.56. The third-order valence-electron chi connectivity index (χ3n) is 2.01. The third-order valence-corrected chi connectivity index (χ3v) is 2.83. The largest absolute Gasteiger partial charge is 0.441 e. The minimum absolute atomic E-state index is 0.00781. The molecule has 1 rings (SSSR count). The Labute approximate surface area is 102 Å². The van der Waals surface area contributed by atoms with E-state index >= 15 is 0 Å². The maximum absolute atomic E-state index is 12.6. The molecule has 0 amide bonds. The molecule has 6 heteroatoms. The van der Waals surface area contributed by atoms with E-state index in [0.717, 1.165) is 5.56 Å². The molecule has 0 radical (unpaired) electrons. The van der Waals surface area contributed by atoms with E-state index in [4.69, 9.17) is 0 Å². The van der Waals surface area contributed by atoms with Crippen molar-refractivity contribution in [3.05, 3.63) is 35.6 Å². The number of rotatable bonds is 6. The van der Waals surface area contributed by atoms with Gasteiger partial charge in [0.25, 0.3) is 0 Å². The summed E-state index contributed by atoms with van der Waals surface area (Å²) in [6.07, 6.45) is 0.450. The average Bonchev–Trinajstić information content (AvgIpc) is 2.24. The molecule has 0 unspecified atom stereocenters. The minimum atomic E-state index is -4.14. The molecule has 0 atom stereocenters. The summed E-state index contributed by atoms with van der Waals surface area (Å²) < 4.78 is 47.9. The van der Waals surface area contributed by atoms with Crippen LogP contribution in [0, 0.1) is 5.82 Å². The molecule has 17 heavy (non-hydrogen) atoms. The van der Waals surface area contributed by atoms with E-state index in [2.05, 4.69) is 5.32 Å². The van der Waals surface area contributed by atoms with Crippen molar-refractivity contribution >= 4 is 11.8 Å². The molecule has 0 spiro atoms. The highest BCUT2D eigenvalue weighted by atomic mass is 32.2. The second kappa shape index (κ2) is 6.86. The van der Waals surface area contributed by atoms with Gasteiger partial charge in [0.2, 0.25) is 0 Å². The lowest BCUT2D eigenvalue weighted by molar-refractivity contribution is -0.0327. The van der Waals surface area contributed by atoms with E-state index in [0.29, 0.717) is 19.5 Å². The van der Waals surface area contributed by atoms with Crippen LogP contribution in [0.4, 0.5) is 17.6 Å². The third kappa shape index (κ3) is 7.23. The first kappa shape index (κ1) is 14.3. The zero-order valence-corrected chi connectivity index (χ0v) is 9.87. The van der Waals surface area contributed by atoms with E-state index in [1.54, 1.807) is 12.1 Å². The Balaban J connectivity index is 2.07. The van der Waals surface area contributed by atoms with Gasteiger partial charge >= 0.3 is 5.51 Å². The van der Waals surface area contributed by atoms with E-state index in [9.17, 15) is 17.6 Å². The van der Waals surface area contributed by atoms with E-state index in [-0.39, 0.29) is 23.3 Å². The number of thioether (sulfide) groups is 1. The fourth-order valence-corrected chi connectivity index (χ4v) is 1.74. The number of halogens is 4. The molecular weight excluding hydrogens is 254 g/mol. The maximum Gasteiger partial charge on any atom is 0.441 e. The van der Waals surface area contributed by atoms with Crippen molar-refractivity contribution in [1.82, 2.24) is 5.32 Å². The first-order chi connectivity index (χ1) is 7.97. The minimum Gasteiger partial charge on any atom is -0.313 e. The van der Waals surface area contributed by atoms with Crippen LogP contribution in [0.15, 0.2) is 24.3 Å². The fraction of sp³-hybridized carbons (Fsp3) is 0.455. The van der Waals surface area contributed by atoms with Crippen molar-refractivity contribution < 1.29 is 17.6 Å². The summed E-state index contributed by atoms with van der Waals surface area (Å²) in [5.74, 6) is -0.241. The number of hydrogen-bond acceptors (Lipinski definition) is 2. The van der Waals surface area contributed by atoms with E-state index in [1.807, 2.05) is 0 Å². The molecule has 0 bridgehead atoms. The molecule has 96 valence electrons. The van der Waals surface area contributed by atoms with E-state index in [1.165, 1.54) is 12.1 Å². The Hall–Kier alpha value is -0.750. The molecule has 1 aromatic rings. The van der Waals surface area contributed by atoms with Crippen LogP contribution in [0.2, 0.25) is 0 Å². The van der Waals surface area contributed by atoms with Crippen molar-refractivity contribution in [3.8, 4) is 0 Å². The van der Waals surface area contributed by atoms with Gasteiger partial charge in [-0.2, -0.15) is 13.2 Å². The number of benzene rings is 1. The van der Waals surface area contributed by atoms with Gasteiger partial charge in [-0.25, -0.2) is 4.39 Å². The standard InChI is InChI=1S/C11H13F4NS/c12-10-4-2-9(3-5-10)8-16-6-1-7-17-11(13,14)15/h2-5,16H,1,6-8H2. The second-order valence-corrected chi connectivity index (χ2v) is 4.61. The Morgan fingerprint density at radius 3 is 2.35 bits per heavy atom. The van der Waals surface area contributed by atoms with Crippen LogP contribution in [0.1, 0.15) is 12.0 Å². The number of nitrogens with one attached hydrogen (secondary N) is 1. The predicted molar refractivity (Wildman–Crippen MR) is 61.2 cm³/mol. The summed E-state index contributed by atoms with van der Waals surface area (Å²) in [6.45, 7) is 1.05. The van der Waals surface area contributed by atoms with Gasteiger partial charge in [-0.15, -0.1) is 0 Å².